The van der Waals surface area contributed by atoms with E-state index in [1.54, 1.807) is 0 Å². The van der Waals surface area contributed by atoms with E-state index in [9.17, 15) is 0 Å². The van der Waals surface area contributed by atoms with Crippen molar-refractivity contribution in [2.24, 2.45) is 0 Å². The van der Waals surface area contributed by atoms with Gasteiger partial charge in [0.25, 0.3) is 0 Å². The molecule has 3 rings (SSSR count). The van der Waals surface area contributed by atoms with Gasteiger partial charge in [-0.05, 0) is 42.7 Å². The maximum absolute atomic E-state index is 8.77. The molecule has 1 aliphatic rings. The summed E-state index contributed by atoms with van der Waals surface area (Å²) >= 11 is 0. The SMILES string of the molecule is N#Cc1ccc(CNc2ccc(N3CCCC3)nc2)cc1. The molecule has 1 aromatic heterocycles. The highest BCUT2D eigenvalue weighted by Gasteiger charge is 2.12. The van der Waals surface area contributed by atoms with Crippen molar-refractivity contribution in [3.05, 3.63) is 53.7 Å². The summed E-state index contributed by atoms with van der Waals surface area (Å²) in [5.41, 5.74) is 2.86. The fourth-order valence-electron chi connectivity index (χ4n) is 2.53. The smallest absolute Gasteiger partial charge is 0.128 e. The van der Waals surface area contributed by atoms with Gasteiger partial charge in [0.05, 0.1) is 23.5 Å². The average Bonchev–Trinajstić information content (AvgIpc) is 3.08. The van der Waals surface area contributed by atoms with Crippen LogP contribution in [-0.2, 0) is 6.54 Å². The van der Waals surface area contributed by atoms with Crippen LogP contribution in [0.3, 0.4) is 0 Å². The first-order chi connectivity index (χ1) is 10.3. The second-order valence-corrected chi connectivity index (χ2v) is 5.26. The van der Waals surface area contributed by atoms with Crippen molar-refractivity contribution in [1.82, 2.24) is 4.98 Å². The van der Waals surface area contributed by atoms with E-state index in [-0.39, 0.29) is 0 Å². The standard InChI is InChI=1S/C17H18N4/c18-11-14-3-5-15(6-4-14)12-19-16-7-8-17(20-13-16)21-9-1-2-10-21/h3-8,13,19H,1-2,9-10,12H2. The van der Waals surface area contributed by atoms with Gasteiger partial charge in [-0.3, -0.25) is 0 Å². The lowest BCUT2D eigenvalue weighted by Crippen LogP contribution is -2.18. The first-order valence-corrected chi connectivity index (χ1v) is 7.29. The van der Waals surface area contributed by atoms with E-state index in [0.29, 0.717) is 5.56 Å². The second-order valence-electron chi connectivity index (χ2n) is 5.26. The molecule has 0 amide bonds. The maximum atomic E-state index is 8.77. The minimum atomic E-state index is 0.690. The van der Waals surface area contributed by atoms with Crippen LogP contribution < -0.4 is 10.2 Å². The summed E-state index contributed by atoms with van der Waals surface area (Å²) in [6.07, 6.45) is 4.41. The largest absolute Gasteiger partial charge is 0.380 e. The van der Waals surface area contributed by atoms with Crippen molar-refractivity contribution >= 4 is 11.5 Å². The van der Waals surface area contributed by atoms with Crippen molar-refractivity contribution in [2.45, 2.75) is 19.4 Å². The van der Waals surface area contributed by atoms with Crippen LogP contribution >= 0.6 is 0 Å². The van der Waals surface area contributed by atoms with E-state index in [4.69, 9.17) is 5.26 Å². The molecule has 21 heavy (non-hydrogen) atoms. The Hall–Kier alpha value is -2.54. The van der Waals surface area contributed by atoms with Crippen LogP contribution in [0.5, 0.6) is 0 Å². The molecule has 0 bridgehead atoms. The number of aromatic nitrogens is 1. The van der Waals surface area contributed by atoms with Crippen LogP contribution in [0, 0.1) is 11.3 Å². The summed E-state index contributed by atoms with van der Waals surface area (Å²) in [5.74, 6) is 1.07. The molecule has 1 saturated heterocycles. The highest BCUT2D eigenvalue weighted by molar-refractivity contribution is 5.49. The summed E-state index contributed by atoms with van der Waals surface area (Å²) in [6, 6.07) is 13.9. The molecule has 2 heterocycles. The normalized spacial score (nSPS) is 14.0. The van der Waals surface area contributed by atoms with Crippen LogP contribution in [-0.4, -0.2) is 18.1 Å². The zero-order valence-corrected chi connectivity index (χ0v) is 11.9. The first kappa shape index (κ1) is 13.4. The van der Waals surface area contributed by atoms with Gasteiger partial charge < -0.3 is 10.2 Å². The van der Waals surface area contributed by atoms with Crippen LogP contribution in [0.15, 0.2) is 42.6 Å². The monoisotopic (exact) mass is 278 g/mol. The Balaban J connectivity index is 1.58. The number of hydrogen-bond donors (Lipinski definition) is 1. The molecular weight excluding hydrogens is 260 g/mol. The van der Waals surface area contributed by atoms with E-state index < -0.39 is 0 Å². The van der Waals surface area contributed by atoms with Gasteiger partial charge in [0.2, 0.25) is 0 Å². The Morgan fingerprint density at radius 3 is 2.48 bits per heavy atom. The second kappa shape index (κ2) is 6.27. The molecule has 2 aromatic rings. The molecule has 1 aromatic carbocycles. The van der Waals surface area contributed by atoms with E-state index in [0.717, 1.165) is 36.7 Å². The van der Waals surface area contributed by atoms with E-state index in [1.807, 2.05) is 30.5 Å². The van der Waals surface area contributed by atoms with Gasteiger partial charge in [-0.25, -0.2) is 4.98 Å². The zero-order valence-electron chi connectivity index (χ0n) is 11.9. The Morgan fingerprint density at radius 2 is 1.86 bits per heavy atom. The van der Waals surface area contributed by atoms with Gasteiger partial charge in [0.15, 0.2) is 0 Å². The van der Waals surface area contributed by atoms with Crippen molar-refractivity contribution < 1.29 is 0 Å². The lowest BCUT2D eigenvalue weighted by molar-refractivity contribution is 0.937. The number of anilines is 2. The highest BCUT2D eigenvalue weighted by atomic mass is 15.2. The molecule has 106 valence electrons. The number of hydrogen-bond acceptors (Lipinski definition) is 4. The minimum absolute atomic E-state index is 0.690. The fourth-order valence-corrected chi connectivity index (χ4v) is 2.53. The van der Waals surface area contributed by atoms with E-state index in [2.05, 4.69) is 33.4 Å². The number of nitrogens with one attached hydrogen (secondary N) is 1. The van der Waals surface area contributed by atoms with E-state index >= 15 is 0 Å². The van der Waals surface area contributed by atoms with Crippen molar-refractivity contribution in [3.8, 4) is 6.07 Å². The van der Waals surface area contributed by atoms with Crippen molar-refractivity contribution in [2.75, 3.05) is 23.3 Å². The summed E-state index contributed by atoms with van der Waals surface area (Å²) in [4.78, 5) is 6.84. The van der Waals surface area contributed by atoms with Crippen molar-refractivity contribution in [3.63, 3.8) is 0 Å². The summed E-state index contributed by atoms with van der Waals surface area (Å²) in [7, 11) is 0. The highest BCUT2D eigenvalue weighted by Crippen LogP contribution is 2.19. The molecule has 0 aliphatic carbocycles. The predicted molar refractivity (Wildman–Crippen MR) is 84.2 cm³/mol. The van der Waals surface area contributed by atoms with Gasteiger partial charge in [-0.15, -0.1) is 0 Å². The summed E-state index contributed by atoms with van der Waals surface area (Å²) in [5, 5.41) is 12.1. The Morgan fingerprint density at radius 1 is 1.10 bits per heavy atom. The third kappa shape index (κ3) is 3.32. The molecule has 1 aliphatic heterocycles. The van der Waals surface area contributed by atoms with Crippen LogP contribution in [0.2, 0.25) is 0 Å². The number of nitriles is 1. The topological polar surface area (TPSA) is 52.0 Å². The molecule has 1 N–H and O–H groups in total. The van der Waals surface area contributed by atoms with Crippen LogP contribution in [0.4, 0.5) is 11.5 Å². The lowest BCUT2D eigenvalue weighted by atomic mass is 10.1. The molecule has 0 unspecified atom stereocenters. The Bertz CT molecular complexity index is 619. The van der Waals surface area contributed by atoms with Gasteiger partial charge in [0, 0.05) is 19.6 Å². The molecule has 0 spiro atoms. The molecule has 1 fully saturated rings. The third-order valence-corrected chi connectivity index (χ3v) is 3.76. The maximum Gasteiger partial charge on any atom is 0.128 e. The minimum Gasteiger partial charge on any atom is -0.380 e. The van der Waals surface area contributed by atoms with Crippen molar-refractivity contribution in [1.29, 1.82) is 5.26 Å². The molecular formula is C17H18N4. The average molecular weight is 278 g/mol. The predicted octanol–water partition coefficient (Wildman–Crippen LogP) is 3.17. The third-order valence-electron chi connectivity index (χ3n) is 3.76. The van der Waals surface area contributed by atoms with E-state index in [1.165, 1.54) is 12.8 Å². The molecule has 0 radical (unpaired) electrons. The lowest BCUT2D eigenvalue weighted by Gasteiger charge is -2.16. The number of nitrogens with zero attached hydrogens (tertiary/aromatic N) is 3. The quantitative estimate of drug-likeness (QED) is 0.933. The Kier molecular flexibility index (Phi) is 4.02. The number of rotatable bonds is 4. The number of pyridine rings is 1. The van der Waals surface area contributed by atoms with Gasteiger partial charge in [-0.2, -0.15) is 5.26 Å². The first-order valence-electron chi connectivity index (χ1n) is 7.29. The Labute approximate surface area is 125 Å². The van der Waals surface area contributed by atoms with Gasteiger partial charge >= 0.3 is 0 Å². The number of benzene rings is 1. The molecule has 4 nitrogen and oxygen atoms in total. The van der Waals surface area contributed by atoms with Gasteiger partial charge in [0.1, 0.15) is 5.82 Å². The van der Waals surface area contributed by atoms with Crippen LogP contribution in [0.1, 0.15) is 24.0 Å². The van der Waals surface area contributed by atoms with Crippen LogP contribution in [0.25, 0.3) is 0 Å². The summed E-state index contributed by atoms with van der Waals surface area (Å²) in [6.45, 7) is 2.96. The molecule has 4 heteroatoms. The summed E-state index contributed by atoms with van der Waals surface area (Å²) < 4.78 is 0. The fraction of sp³-hybridized carbons (Fsp3) is 0.294. The van der Waals surface area contributed by atoms with Gasteiger partial charge in [-0.1, -0.05) is 12.1 Å². The zero-order chi connectivity index (χ0) is 14.5. The molecule has 0 atom stereocenters. The molecule has 0 saturated carbocycles.